The number of H-pyrrole nitrogens is 1. The summed E-state index contributed by atoms with van der Waals surface area (Å²) in [5.74, 6) is -0.192. The maximum atomic E-state index is 13.1. The lowest BCUT2D eigenvalue weighted by Gasteiger charge is -2.19. The molecule has 1 aliphatic rings. The van der Waals surface area contributed by atoms with E-state index in [4.69, 9.17) is 4.74 Å². The molecule has 36 heavy (non-hydrogen) atoms. The second kappa shape index (κ2) is 11.1. The fourth-order valence-electron chi connectivity index (χ4n) is 3.51. The third-order valence-electron chi connectivity index (χ3n) is 5.22. The number of nitrogens with one attached hydrogen (secondary N) is 3. The van der Waals surface area contributed by atoms with Crippen molar-refractivity contribution in [3.63, 3.8) is 0 Å². The standard InChI is InChI=1S/C20H23F6N7O3/c1-11(30-14-8-29-32-17(35)16(14)20(24,25)26)10-36-5-3-15(34)33-4-2-13(9-33)31-18-27-6-12(7-28-18)19(21,22)23/h6-8,11,13H,2-5,9-10H2,1H3,(H,27,28,31)(H2,30,32,35). The zero-order valence-corrected chi connectivity index (χ0v) is 18.9. The van der Waals surface area contributed by atoms with E-state index >= 15 is 0 Å². The zero-order valence-electron chi connectivity index (χ0n) is 18.9. The summed E-state index contributed by atoms with van der Waals surface area (Å²) < 4.78 is 82.5. The third kappa shape index (κ3) is 7.29. The Kier molecular flexibility index (Phi) is 8.37. The molecule has 0 aromatic carbocycles. The van der Waals surface area contributed by atoms with Crippen LogP contribution >= 0.6 is 0 Å². The molecule has 0 bridgehead atoms. The van der Waals surface area contributed by atoms with Gasteiger partial charge in [-0.15, -0.1) is 0 Å². The van der Waals surface area contributed by atoms with Crippen molar-refractivity contribution in [3.8, 4) is 0 Å². The molecule has 2 unspecified atom stereocenters. The number of hydrogen-bond acceptors (Lipinski definition) is 8. The van der Waals surface area contributed by atoms with Gasteiger partial charge in [-0.25, -0.2) is 15.1 Å². The number of rotatable bonds is 9. The largest absolute Gasteiger partial charge is 0.423 e. The highest BCUT2D eigenvalue weighted by Gasteiger charge is 2.37. The van der Waals surface area contributed by atoms with Gasteiger partial charge in [0.2, 0.25) is 11.9 Å². The summed E-state index contributed by atoms with van der Waals surface area (Å²) in [5, 5.41) is 10.5. The number of carbonyl (C=O) groups is 1. The van der Waals surface area contributed by atoms with Crippen LogP contribution in [0.5, 0.6) is 0 Å². The molecule has 2 aromatic rings. The van der Waals surface area contributed by atoms with Gasteiger partial charge in [-0.1, -0.05) is 0 Å². The van der Waals surface area contributed by atoms with Crippen LogP contribution in [0.3, 0.4) is 0 Å². The van der Waals surface area contributed by atoms with Gasteiger partial charge in [0.1, 0.15) is 5.56 Å². The predicted molar refractivity (Wildman–Crippen MR) is 114 cm³/mol. The summed E-state index contributed by atoms with van der Waals surface area (Å²) in [6.07, 6.45) is -6.62. The number of alkyl halides is 6. The predicted octanol–water partition coefficient (Wildman–Crippen LogP) is 2.52. The molecule has 0 saturated carbocycles. The number of aromatic amines is 1. The van der Waals surface area contributed by atoms with Crippen molar-refractivity contribution in [2.45, 2.75) is 44.2 Å². The smallest absolute Gasteiger partial charge is 0.379 e. The lowest BCUT2D eigenvalue weighted by Crippen LogP contribution is -2.33. The Labute approximate surface area is 200 Å². The Morgan fingerprint density at radius 2 is 1.89 bits per heavy atom. The van der Waals surface area contributed by atoms with E-state index < -0.39 is 40.8 Å². The van der Waals surface area contributed by atoms with E-state index in [1.54, 1.807) is 16.9 Å². The summed E-state index contributed by atoms with van der Waals surface area (Å²) in [6.45, 7) is 2.25. The van der Waals surface area contributed by atoms with E-state index in [0.717, 1.165) is 6.20 Å². The van der Waals surface area contributed by atoms with Crippen molar-refractivity contribution in [2.24, 2.45) is 0 Å². The highest BCUT2D eigenvalue weighted by Crippen LogP contribution is 2.31. The lowest BCUT2D eigenvalue weighted by atomic mass is 10.2. The third-order valence-corrected chi connectivity index (χ3v) is 5.22. The molecule has 2 aromatic heterocycles. The average molecular weight is 523 g/mol. The molecule has 3 heterocycles. The highest BCUT2D eigenvalue weighted by molar-refractivity contribution is 5.76. The van der Waals surface area contributed by atoms with Crippen LogP contribution in [0.4, 0.5) is 38.0 Å². The van der Waals surface area contributed by atoms with Gasteiger partial charge in [-0.3, -0.25) is 9.59 Å². The van der Waals surface area contributed by atoms with Crippen LogP contribution in [0, 0.1) is 0 Å². The number of nitrogens with zero attached hydrogens (tertiary/aromatic N) is 4. The number of likely N-dealkylation sites (tertiary alicyclic amines) is 1. The van der Waals surface area contributed by atoms with Crippen molar-refractivity contribution >= 4 is 17.5 Å². The number of hydrogen-bond donors (Lipinski definition) is 3. The fraction of sp³-hybridized carbons (Fsp3) is 0.550. The summed E-state index contributed by atoms with van der Waals surface area (Å²) >= 11 is 0. The Morgan fingerprint density at radius 3 is 2.53 bits per heavy atom. The van der Waals surface area contributed by atoms with E-state index in [9.17, 15) is 35.9 Å². The van der Waals surface area contributed by atoms with Crippen LogP contribution in [-0.2, 0) is 21.9 Å². The molecule has 0 aliphatic carbocycles. The van der Waals surface area contributed by atoms with Crippen molar-refractivity contribution in [1.82, 2.24) is 25.1 Å². The average Bonchev–Trinajstić information content (AvgIpc) is 3.24. The molecule has 1 fully saturated rings. The maximum Gasteiger partial charge on any atom is 0.423 e. The normalized spacial score (nSPS) is 17.2. The highest BCUT2D eigenvalue weighted by atomic mass is 19.4. The lowest BCUT2D eigenvalue weighted by molar-refractivity contribution is -0.139. The monoisotopic (exact) mass is 523 g/mol. The SMILES string of the molecule is CC(COCCC(=O)N1CCC(Nc2ncc(C(F)(F)F)cn2)C1)Nc1cn[nH]c(=O)c1C(F)(F)F. The number of amides is 1. The number of ether oxygens (including phenoxy) is 1. The molecule has 1 amide bonds. The second-order valence-corrected chi connectivity index (χ2v) is 8.12. The molecule has 16 heteroatoms. The first-order valence-electron chi connectivity index (χ1n) is 10.8. The molecular formula is C20H23F6N7O3. The number of halogens is 6. The van der Waals surface area contributed by atoms with Crippen LogP contribution in [0.15, 0.2) is 23.4 Å². The molecule has 3 rings (SSSR count). The van der Waals surface area contributed by atoms with E-state index in [-0.39, 0.29) is 37.5 Å². The maximum absolute atomic E-state index is 13.1. The van der Waals surface area contributed by atoms with Crippen LogP contribution in [0.2, 0.25) is 0 Å². The summed E-state index contributed by atoms with van der Waals surface area (Å²) in [5.41, 5.74) is -4.20. The molecular weight excluding hydrogens is 500 g/mol. The first-order valence-corrected chi connectivity index (χ1v) is 10.8. The zero-order chi connectivity index (χ0) is 26.5. The topological polar surface area (TPSA) is 125 Å². The van der Waals surface area contributed by atoms with E-state index in [0.29, 0.717) is 31.9 Å². The van der Waals surface area contributed by atoms with Crippen molar-refractivity contribution in [3.05, 3.63) is 40.1 Å². The molecule has 0 spiro atoms. The van der Waals surface area contributed by atoms with Crippen LogP contribution in [0.1, 0.15) is 30.9 Å². The first kappa shape index (κ1) is 27.2. The first-order chi connectivity index (χ1) is 16.8. The van der Waals surface area contributed by atoms with Gasteiger partial charge in [0.25, 0.3) is 5.56 Å². The molecule has 1 saturated heterocycles. The minimum atomic E-state index is -4.87. The summed E-state index contributed by atoms with van der Waals surface area (Å²) in [4.78, 5) is 32.8. The quantitative estimate of drug-likeness (QED) is 0.338. The minimum Gasteiger partial charge on any atom is -0.379 e. The van der Waals surface area contributed by atoms with Gasteiger partial charge >= 0.3 is 12.4 Å². The Morgan fingerprint density at radius 1 is 1.19 bits per heavy atom. The minimum absolute atomic E-state index is 0.0151. The van der Waals surface area contributed by atoms with Gasteiger partial charge in [0.15, 0.2) is 0 Å². The molecule has 2 atom stereocenters. The molecule has 10 nitrogen and oxygen atoms in total. The van der Waals surface area contributed by atoms with E-state index in [2.05, 4.69) is 25.7 Å². The molecule has 3 N–H and O–H groups in total. The summed E-state index contributed by atoms with van der Waals surface area (Å²) in [6, 6.07) is -0.852. The Hall–Kier alpha value is -3.43. The van der Waals surface area contributed by atoms with Crippen molar-refractivity contribution in [1.29, 1.82) is 0 Å². The number of carbonyl (C=O) groups excluding carboxylic acids is 1. The molecule has 1 aliphatic heterocycles. The van der Waals surface area contributed by atoms with E-state index in [1.807, 2.05) is 0 Å². The molecule has 0 radical (unpaired) electrons. The number of aromatic nitrogens is 4. The second-order valence-electron chi connectivity index (χ2n) is 8.12. The van der Waals surface area contributed by atoms with Crippen LogP contribution in [-0.4, -0.2) is 69.4 Å². The van der Waals surface area contributed by atoms with Gasteiger partial charge in [-0.2, -0.15) is 31.4 Å². The fourth-order valence-corrected chi connectivity index (χ4v) is 3.51. The van der Waals surface area contributed by atoms with E-state index in [1.165, 1.54) is 0 Å². The molecule has 198 valence electrons. The number of anilines is 2. The van der Waals surface area contributed by atoms with Crippen molar-refractivity contribution < 1.29 is 35.9 Å². The van der Waals surface area contributed by atoms with Gasteiger partial charge in [-0.05, 0) is 13.3 Å². The van der Waals surface area contributed by atoms with Crippen LogP contribution < -0.4 is 16.2 Å². The van der Waals surface area contributed by atoms with Crippen molar-refractivity contribution in [2.75, 3.05) is 36.9 Å². The Balaban J connectivity index is 1.39. The Bertz CT molecular complexity index is 1090. The van der Waals surface area contributed by atoms with Gasteiger partial charge in [0.05, 0.1) is 37.1 Å². The van der Waals surface area contributed by atoms with Gasteiger partial charge < -0.3 is 20.3 Å². The summed E-state index contributed by atoms with van der Waals surface area (Å²) in [7, 11) is 0. The van der Waals surface area contributed by atoms with Crippen LogP contribution in [0.25, 0.3) is 0 Å². The van der Waals surface area contributed by atoms with Gasteiger partial charge in [0, 0.05) is 37.6 Å².